The van der Waals surface area contributed by atoms with E-state index in [1.54, 1.807) is 0 Å². The Morgan fingerprint density at radius 3 is 2.56 bits per heavy atom. The van der Waals surface area contributed by atoms with Gasteiger partial charge in [0, 0.05) is 47.8 Å². The summed E-state index contributed by atoms with van der Waals surface area (Å²) in [6.45, 7) is 0.868. The molecule has 0 saturated heterocycles. The molecule has 0 atom stereocenters. The standard InChI is InChI=1S/C21H19ClN4S/c1-25(2)14-6-3-12(4-7-14)18-20-19-15(9-10-26(20)21(27)24-18)16-11-13(22)5-8-17(16)23-19/h3-8,11,23H,9-10H2,1-2H3,(H,24,27). The summed E-state index contributed by atoms with van der Waals surface area (Å²) in [5, 5.41) is 1.96. The molecule has 0 unspecified atom stereocenters. The molecule has 0 radical (unpaired) electrons. The van der Waals surface area contributed by atoms with Crippen LogP contribution < -0.4 is 4.90 Å². The Labute approximate surface area is 167 Å². The average molecular weight is 395 g/mol. The summed E-state index contributed by atoms with van der Waals surface area (Å²) in [5.74, 6) is 0. The van der Waals surface area contributed by atoms with Gasteiger partial charge >= 0.3 is 0 Å². The van der Waals surface area contributed by atoms with Crippen LogP contribution in [-0.2, 0) is 13.0 Å². The van der Waals surface area contributed by atoms with Gasteiger partial charge in [0.1, 0.15) is 0 Å². The highest BCUT2D eigenvalue weighted by Gasteiger charge is 2.25. The Morgan fingerprint density at radius 2 is 1.81 bits per heavy atom. The van der Waals surface area contributed by atoms with Gasteiger partial charge in [-0.25, -0.2) is 0 Å². The van der Waals surface area contributed by atoms with Crippen molar-refractivity contribution in [2.75, 3.05) is 19.0 Å². The third-order valence-electron chi connectivity index (χ3n) is 5.35. The Morgan fingerprint density at radius 1 is 1.04 bits per heavy atom. The molecule has 136 valence electrons. The number of hydrogen-bond donors (Lipinski definition) is 2. The fourth-order valence-corrected chi connectivity index (χ4v) is 4.44. The normalized spacial score (nSPS) is 12.9. The van der Waals surface area contributed by atoms with Crippen LogP contribution in [0.15, 0.2) is 42.5 Å². The number of H-pyrrole nitrogens is 2. The van der Waals surface area contributed by atoms with Gasteiger partial charge in [0.2, 0.25) is 0 Å². The predicted octanol–water partition coefficient (Wildman–Crippen LogP) is 5.64. The summed E-state index contributed by atoms with van der Waals surface area (Å²) in [7, 11) is 4.09. The number of nitrogens with zero attached hydrogens (tertiary/aromatic N) is 2. The largest absolute Gasteiger partial charge is 0.378 e. The molecule has 2 aromatic heterocycles. The minimum Gasteiger partial charge on any atom is -0.378 e. The van der Waals surface area contributed by atoms with Crippen molar-refractivity contribution in [2.24, 2.45) is 0 Å². The summed E-state index contributed by atoms with van der Waals surface area (Å²) in [6, 6.07) is 14.6. The van der Waals surface area contributed by atoms with Gasteiger partial charge in [0.25, 0.3) is 0 Å². The number of halogens is 1. The molecule has 0 spiro atoms. The van der Waals surface area contributed by atoms with Crippen molar-refractivity contribution < 1.29 is 0 Å². The smallest absolute Gasteiger partial charge is 0.178 e. The van der Waals surface area contributed by atoms with Gasteiger partial charge < -0.3 is 19.4 Å². The van der Waals surface area contributed by atoms with E-state index in [0.717, 1.165) is 50.9 Å². The van der Waals surface area contributed by atoms with E-state index in [0.29, 0.717) is 0 Å². The maximum Gasteiger partial charge on any atom is 0.178 e. The van der Waals surface area contributed by atoms with Crippen LogP contribution in [-0.4, -0.2) is 28.6 Å². The second-order valence-electron chi connectivity index (χ2n) is 7.17. The number of fused-ring (bicyclic) bond motifs is 5. The van der Waals surface area contributed by atoms with E-state index in [-0.39, 0.29) is 0 Å². The first kappa shape index (κ1) is 16.7. The van der Waals surface area contributed by atoms with E-state index in [9.17, 15) is 0 Å². The van der Waals surface area contributed by atoms with Crippen molar-refractivity contribution in [1.82, 2.24) is 14.5 Å². The molecule has 5 rings (SSSR count). The predicted molar refractivity (Wildman–Crippen MR) is 115 cm³/mol. The molecule has 0 amide bonds. The quantitative estimate of drug-likeness (QED) is 0.432. The minimum absolute atomic E-state index is 0.763. The third-order valence-corrected chi connectivity index (χ3v) is 5.90. The zero-order chi connectivity index (χ0) is 18.7. The molecular formula is C21H19ClN4S. The van der Waals surface area contributed by atoms with Crippen LogP contribution in [0.25, 0.3) is 33.5 Å². The number of aryl methyl sites for hydroxylation is 1. The average Bonchev–Trinajstić information content (AvgIpc) is 3.19. The second kappa shape index (κ2) is 6.01. The van der Waals surface area contributed by atoms with Crippen molar-refractivity contribution in [1.29, 1.82) is 0 Å². The highest BCUT2D eigenvalue weighted by atomic mass is 35.5. The Kier molecular flexibility index (Phi) is 3.71. The van der Waals surface area contributed by atoms with E-state index in [4.69, 9.17) is 23.8 Å². The first-order valence-corrected chi connectivity index (χ1v) is 9.72. The molecule has 0 aliphatic carbocycles. The lowest BCUT2D eigenvalue weighted by Crippen LogP contribution is -2.10. The molecule has 3 heterocycles. The maximum absolute atomic E-state index is 6.24. The number of rotatable bonds is 2. The Hall–Kier alpha value is -2.50. The monoisotopic (exact) mass is 394 g/mol. The summed E-state index contributed by atoms with van der Waals surface area (Å²) < 4.78 is 2.96. The van der Waals surface area contributed by atoms with Gasteiger partial charge in [0.05, 0.1) is 17.1 Å². The van der Waals surface area contributed by atoms with Crippen molar-refractivity contribution in [3.8, 4) is 22.6 Å². The number of anilines is 1. The van der Waals surface area contributed by atoms with Crippen molar-refractivity contribution in [3.05, 3.63) is 57.8 Å². The summed E-state index contributed by atoms with van der Waals surface area (Å²) >= 11 is 11.9. The lowest BCUT2D eigenvalue weighted by atomic mass is 9.99. The second-order valence-corrected chi connectivity index (χ2v) is 7.99. The zero-order valence-corrected chi connectivity index (χ0v) is 16.7. The van der Waals surface area contributed by atoms with Crippen LogP contribution in [0, 0.1) is 4.77 Å². The number of aromatic nitrogens is 3. The molecular weight excluding hydrogens is 376 g/mol. The number of hydrogen-bond acceptors (Lipinski definition) is 2. The van der Waals surface area contributed by atoms with Crippen molar-refractivity contribution in [3.63, 3.8) is 0 Å². The molecule has 4 nitrogen and oxygen atoms in total. The molecule has 2 aromatic carbocycles. The lowest BCUT2D eigenvalue weighted by Gasteiger charge is -2.17. The first-order valence-electron chi connectivity index (χ1n) is 8.94. The van der Waals surface area contributed by atoms with E-state index in [2.05, 4.69) is 49.8 Å². The molecule has 2 N–H and O–H groups in total. The molecule has 6 heteroatoms. The SMILES string of the molecule is CN(C)c1ccc(-c2[nH]c(=S)n3c2-c2[nH]c4ccc(Cl)cc4c2CC3)cc1. The van der Waals surface area contributed by atoms with Crippen LogP contribution >= 0.6 is 23.8 Å². The van der Waals surface area contributed by atoms with E-state index in [1.807, 2.05) is 26.2 Å². The molecule has 0 fully saturated rings. The highest BCUT2D eigenvalue weighted by molar-refractivity contribution is 7.71. The molecule has 0 bridgehead atoms. The van der Waals surface area contributed by atoms with Crippen LogP contribution in [0.3, 0.4) is 0 Å². The molecule has 0 saturated carbocycles. The number of nitrogens with one attached hydrogen (secondary N) is 2. The fraction of sp³-hybridized carbons (Fsp3) is 0.190. The summed E-state index contributed by atoms with van der Waals surface area (Å²) in [6.07, 6.45) is 0.938. The number of benzene rings is 2. The fourth-order valence-electron chi connectivity index (χ4n) is 3.98. The van der Waals surface area contributed by atoms with Gasteiger partial charge in [-0.3, -0.25) is 0 Å². The topological polar surface area (TPSA) is 39.8 Å². The van der Waals surface area contributed by atoms with Gasteiger partial charge in [-0.2, -0.15) is 0 Å². The van der Waals surface area contributed by atoms with Crippen LogP contribution in [0.1, 0.15) is 5.56 Å². The summed E-state index contributed by atoms with van der Waals surface area (Å²) in [5.41, 5.74) is 8.05. The minimum atomic E-state index is 0.763. The van der Waals surface area contributed by atoms with Crippen molar-refractivity contribution in [2.45, 2.75) is 13.0 Å². The van der Waals surface area contributed by atoms with E-state index >= 15 is 0 Å². The number of imidazole rings is 1. The van der Waals surface area contributed by atoms with Gasteiger partial charge in [0.15, 0.2) is 4.77 Å². The lowest BCUT2D eigenvalue weighted by molar-refractivity contribution is 0.677. The summed E-state index contributed by atoms with van der Waals surface area (Å²) in [4.78, 5) is 9.13. The zero-order valence-electron chi connectivity index (χ0n) is 15.1. The molecule has 1 aliphatic heterocycles. The van der Waals surface area contributed by atoms with Crippen LogP contribution in [0.4, 0.5) is 5.69 Å². The number of aromatic amines is 2. The van der Waals surface area contributed by atoms with Gasteiger partial charge in [-0.1, -0.05) is 23.7 Å². The van der Waals surface area contributed by atoms with Gasteiger partial charge in [-0.05, 0) is 54.5 Å². The van der Waals surface area contributed by atoms with Crippen LogP contribution in [0.2, 0.25) is 5.02 Å². The molecule has 27 heavy (non-hydrogen) atoms. The van der Waals surface area contributed by atoms with Crippen molar-refractivity contribution >= 4 is 40.4 Å². The first-order chi connectivity index (χ1) is 13.0. The van der Waals surface area contributed by atoms with E-state index in [1.165, 1.54) is 16.6 Å². The Balaban J connectivity index is 1.74. The third kappa shape index (κ3) is 2.53. The van der Waals surface area contributed by atoms with Crippen LogP contribution in [0.5, 0.6) is 0 Å². The Bertz CT molecular complexity index is 1230. The molecule has 1 aliphatic rings. The van der Waals surface area contributed by atoms with E-state index < -0.39 is 0 Å². The maximum atomic E-state index is 6.24. The van der Waals surface area contributed by atoms with Gasteiger partial charge in [-0.15, -0.1) is 0 Å². The molecule has 4 aromatic rings. The highest BCUT2D eigenvalue weighted by Crippen LogP contribution is 2.40.